The Kier molecular flexibility index (Phi) is 12.9. The first-order valence-corrected chi connectivity index (χ1v) is 21.2. The number of aliphatic carboxylic acids is 1. The SMILES string of the molecule is C[C@@H]1S[C@@H]2[C@H](NC(=O)/C(=N\OC(C)(C)C(=O)O)c3csc(NC(=O)OC(C)(C)C)n3)C(=O)N2C(OC(=O)O)=C1C[N+]12CCC(CC1)N(C(=O)C(=NO)c1cc(O)c(O)c(F)c1)CC2. The van der Waals surface area contributed by atoms with Gasteiger partial charge in [0.05, 0.1) is 31.8 Å². The molecule has 63 heavy (non-hydrogen) atoms. The van der Waals surface area contributed by atoms with E-state index in [-0.39, 0.29) is 41.4 Å². The molecular weight excluding hydrogens is 876 g/mol. The van der Waals surface area contributed by atoms with Crippen LogP contribution in [0.3, 0.4) is 0 Å². The van der Waals surface area contributed by atoms with Crippen molar-refractivity contribution in [3.8, 4) is 11.5 Å². The number of amides is 4. The summed E-state index contributed by atoms with van der Waals surface area (Å²) in [7, 11) is 0. The van der Waals surface area contributed by atoms with Crippen LogP contribution in [-0.2, 0) is 33.5 Å². The summed E-state index contributed by atoms with van der Waals surface area (Å²) >= 11 is 2.15. The molecule has 2 bridgehead atoms. The third-order valence-electron chi connectivity index (χ3n) is 10.8. The number of ether oxygens (including phenoxy) is 2. The first kappa shape index (κ1) is 46.3. The normalized spacial score (nSPS) is 23.9. The quantitative estimate of drug-likeness (QED) is 0.0306. The molecule has 1 aromatic carbocycles. The number of anilines is 1. The Labute approximate surface area is 366 Å². The summed E-state index contributed by atoms with van der Waals surface area (Å²) in [6.45, 7) is 10.9. The lowest BCUT2D eigenvalue weighted by Gasteiger charge is -2.51. The third-order valence-corrected chi connectivity index (χ3v) is 13.0. The Balaban J connectivity index is 1.21. The van der Waals surface area contributed by atoms with Crippen molar-refractivity contribution in [2.24, 2.45) is 10.3 Å². The van der Waals surface area contributed by atoms with Gasteiger partial charge in [-0.15, -0.1) is 23.1 Å². The van der Waals surface area contributed by atoms with Crippen LogP contribution in [0.25, 0.3) is 0 Å². The number of thioether (sulfide) groups is 1. The fraction of sp³-hybridized carbons (Fsp3) is 0.500. The number of hydrogen-bond acceptors (Lipinski definition) is 17. The molecule has 6 heterocycles. The summed E-state index contributed by atoms with van der Waals surface area (Å²) in [4.78, 5) is 89.9. The molecule has 0 saturated carbocycles. The predicted molar refractivity (Wildman–Crippen MR) is 220 cm³/mol. The lowest BCUT2D eigenvalue weighted by Crippen LogP contribution is -2.71. The fourth-order valence-electron chi connectivity index (χ4n) is 7.50. The summed E-state index contributed by atoms with van der Waals surface area (Å²) < 4.78 is 25.2. The van der Waals surface area contributed by atoms with Crippen LogP contribution in [0.4, 0.5) is 19.1 Å². The van der Waals surface area contributed by atoms with Crippen molar-refractivity contribution in [2.45, 2.75) is 88.3 Å². The van der Waals surface area contributed by atoms with Crippen LogP contribution in [0, 0.1) is 5.82 Å². The standard InChI is InChI=1S/C38H45FN8O14S2/c1-17-20(15-47-10-7-19(8-11-47)45(9-12-47)29(51)24(43-58)18-13-21(39)27(49)23(48)14-18)31(59-36(56)57)46-30(52)26(32(46)63-17)41-28(50)25(44-61-38(5,6)33(53)54)22-16-62-34(40-22)42-35(55)60-37(2,3)4/h13-14,16-17,19,26,32H,7-12,15H2,1-6H3,(H6-,40,41,42,43,44,48,49,50,51,53,54,55,56,57,58)/p+1/t17-,19?,26+,32+,47?/m0/s1. The lowest BCUT2D eigenvalue weighted by molar-refractivity contribution is -0.925. The first-order valence-electron chi connectivity index (χ1n) is 19.4. The van der Waals surface area contributed by atoms with Gasteiger partial charge < -0.3 is 54.6 Å². The fourth-order valence-corrected chi connectivity index (χ4v) is 9.60. The second-order valence-corrected chi connectivity index (χ2v) is 19.0. The average Bonchev–Trinajstić information content (AvgIpc) is 3.47. The molecule has 22 nitrogen and oxygen atoms in total. The van der Waals surface area contributed by atoms with Gasteiger partial charge in [-0.05, 0) is 53.7 Å². The van der Waals surface area contributed by atoms with E-state index in [0.717, 1.165) is 28.4 Å². The minimum atomic E-state index is -1.90. The van der Waals surface area contributed by atoms with Crippen molar-refractivity contribution in [2.75, 3.05) is 38.0 Å². The number of quaternary nitrogens is 1. The Morgan fingerprint density at radius 3 is 2.33 bits per heavy atom. The summed E-state index contributed by atoms with van der Waals surface area (Å²) in [5, 5.41) is 60.8. The smallest absolute Gasteiger partial charge is 0.504 e. The molecule has 0 aliphatic carbocycles. The molecule has 7 N–H and O–H groups in total. The van der Waals surface area contributed by atoms with E-state index < -0.39 is 92.5 Å². The number of phenolic OH excluding ortho intramolecular Hbond substituents is 2. The number of aromatic hydroxyl groups is 2. The van der Waals surface area contributed by atoms with Gasteiger partial charge >= 0.3 is 18.2 Å². The number of carboxylic acid groups (broad SMARTS) is 2. The lowest BCUT2D eigenvalue weighted by atomic mass is 9.99. The van der Waals surface area contributed by atoms with Crippen molar-refractivity contribution < 1.29 is 77.6 Å². The summed E-state index contributed by atoms with van der Waals surface area (Å²) in [6.07, 6.45) is -1.55. The number of aromatic nitrogens is 1. The Bertz CT molecular complexity index is 2300. The topological polar surface area (TPSA) is 299 Å². The van der Waals surface area contributed by atoms with E-state index in [4.69, 9.17) is 14.3 Å². The maximum absolute atomic E-state index is 14.3. The molecule has 4 fully saturated rings. The molecular formula is C38H46FN8O14S2+. The molecule has 0 radical (unpaired) electrons. The third kappa shape index (κ3) is 9.73. The van der Waals surface area contributed by atoms with E-state index in [9.17, 15) is 58.8 Å². The van der Waals surface area contributed by atoms with E-state index in [1.54, 1.807) is 27.7 Å². The van der Waals surface area contributed by atoms with Gasteiger partial charge in [0.25, 0.3) is 17.7 Å². The molecule has 0 unspecified atom stereocenters. The number of β-lactam (4-membered cyclic amide) rings is 1. The van der Waals surface area contributed by atoms with Crippen LogP contribution >= 0.6 is 23.1 Å². The van der Waals surface area contributed by atoms with Crippen molar-refractivity contribution in [1.29, 1.82) is 0 Å². The Morgan fingerprint density at radius 1 is 1.05 bits per heavy atom. The van der Waals surface area contributed by atoms with Crippen molar-refractivity contribution in [1.82, 2.24) is 20.1 Å². The Hall–Kier alpha value is -6.21. The van der Waals surface area contributed by atoms with Gasteiger partial charge in [0.15, 0.2) is 33.9 Å². The first-order chi connectivity index (χ1) is 29.4. The van der Waals surface area contributed by atoms with Gasteiger partial charge in [0.1, 0.15) is 29.3 Å². The summed E-state index contributed by atoms with van der Waals surface area (Å²) in [6, 6.07) is 0.117. The van der Waals surface area contributed by atoms with E-state index in [1.165, 1.54) is 35.9 Å². The number of carboxylic acids is 1. The molecule has 25 heteroatoms. The highest BCUT2D eigenvalue weighted by atomic mass is 32.2. The van der Waals surface area contributed by atoms with Crippen LogP contribution in [-0.4, -0.2) is 159 Å². The van der Waals surface area contributed by atoms with E-state index in [0.29, 0.717) is 42.5 Å². The second-order valence-electron chi connectivity index (χ2n) is 16.7. The van der Waals surface area contributed by atoms with Crippen molar-refractivity contribution in [3.63, 3.8) is 0 Å². The molecule has 0 spiro atoms. The minimum Gasteiger partial charge on any atom is -0.504 e. The van der Waals surface area contributed by atoms with Crippen LogP contribution in [0.2, 0.25) is 0 Å². The number of phenols is 2. The van der Waals surface area contributed by atoms with E-state index in [2.05, 4.69) is 25.9 Å². The van der Waals surface area contributed by atoms with Gasteiger partial charge in [-0.3, -0.25) is 24.6 Å². The number of carbonyl (C=O) groups is 6. The van der Waals surface area contributed by atoms with Crippen LogP contribution in [0.15, 0.2) is 39.3 Å². The number of piperidine rings is 1. The number of halogens is 1. The van der Waals surface area contributed by atoms with Crippen LogP contribution in [0.1, 0.15) is 65.6 Å². The number of carbonyl (C=O) groups excluding carboxylic acids is 4. The number of fused-ring (bicyclic) bond motifs is 5. The number of hydrogen-bond donors (Lipinski definition) is 7. The molecule has 4 saturated heterocycles. The zero-order valence-corrected chi connectivity index (χ0v) is 36.4. The highest BCUT2D eigenvalue weighted by Gasteiger charge is 2.57. The highest BCUT2D eigenvalue weighted by Crippen LogP contribution is 2.46. The highest BCUT2D eigenvalue weighted by molar-refractivity contribution is 8.00. The molecule has 5 aliphatic rings. The van der Waals surface area contributed by atoms with Crippen molar-refractivity contribution in [3.05, 3.63) is 46.0 Å². The zero-order chi connectivity index (χ0) is 46.3. The maximum atomic E-state index is 14.3. The van der Waals surface area contributed by atoms with Gasteiger partial charge in [-0.2, -0.15) is 0 Å². The molecule has 3 atom stereocenters. The number of thiazole rings is 1. The predicted octanol–water partition coefficient (Wildman–Crippen LogP) is 3.02. The molecule has 2 aromatic rings. The van der Waals surface area contributed by atoms with Crippen LogP contribution in [0.5, 0.6) is 11.5 Å². The van der Waals surface area contributed by atoms with Gasteiger partial charge in [0.2, 0.25) is 11.5 Å². The monoisotopic (exact) mass is 921 g/mol. The molecule has 5 aliphatic heterocycles. The van der Waals surface area contributed by atoms with Gasteiger partial charge in [0, 0.05) is 35.1 Å². The van der Waals surface area contributed by atoms with Gasteiger partial charge in [-0.25, -0.2) is 23.8 Å². The molecule has 1 aromatic heterocycles. The van der Waals surface area contributed by atoms with Gasteiger partial charge in [-0.1, -0.05) is 10.3 Å². The molecule has 7 rings (SSSR count). The van der Waals surface area contributed by atoms with E-state index in [1.807, 2.05) is 0 Å². The number of nitrogens with one attached hydrogen (secondary N) is 2. The minimum absolute atomic E-state index is 0.00271. The van der Waals surface area contributed by atoms with Crippen molar-refractivity contribution >= 4 is 75.6 Å². The number of oxime groups is 2. The van der Waals surface area contributed by atoms with E-state index >= 15 is 0 Å². The summed E-state index contributed by atoms with van der Waals surface area (Å²) in [5.41, 5.74) is -3.71. The molecule has 4 amide bonds. The number of nitrogens with zero attached hydrogens (tertiary/aromatic N) is 6. The number of benzene rings is 1. The van der Waals surface area contributed by atoms with Crippen LogP contribution < -0.4 is 10.6 Å². The number of rotatable bonds is 12. The maximum Gasteiger partial charge on any atom is 0.512 e. The average molecular weight is 922 g/mol. The zero-order valence-electron chi connectivity index (χ0n) is 34.8. The molecule has 340 valence electrons. The summed E-state index contributed by atoms with van der Waals surface area (Å²) in [5.74, 6) is -7.17. The second kappa shape index (κ2) is 17.5. The Morgan fingerprint density at radius 2 is 1.73 bits per heavy atom. The largest absolute Gasteiger partial charge is 0.512 e.